The molecule has 4 heteroatoms. The second-order valence-electron chi connectivity index (χ2n) is 9.09. The zero-order chi connectivity index (χ0) is 20.7. The Morgan fingerprint density at radius 1 is 1.03 bits per heavy atom. The van der Waals surface area contributed by atoms with Gasteiger partial charge in [0.15, 0.2) is 0 Å². The van der Waals surface area contributed by atoms with Crippen molar-refractivity contribution in [2.24, 2.45) is 0 Å². The first-order valence-corrected chi connectivity index (χ1v) is 11.1. The lowest BCUT2D eigenvalue weighted by molar-refractivity contribution is 0.0848. The van der Waals surface area contributed by atoms with Gasteiger partial charge < -0.3 is 9.64 Å². The molecular formula is C26H30N2O2. The molecule has 0 saturated carbocycles. The van der Waals surface area contributed by atoms with Gasteiger partial charge >= 0.3 is 6.09 Å². The fourth-order valence-corrected chi connectivity index (χ4v) is 5.42. The normalized spacial score (nSPS) is 22.1. The van der Waals surface area contributed by atoms with E-state index < -0.39 is 0 Å². The molecule has 2 bridgehead atoms. The topological polar surface area (TPSA) is 32.8 Å². The van der Waals surface area contributed by atoms with Crippen molar-refractivity contribution in [3.8, 4) is 11.1 Å². The maximum atomic E-state index is 13.1. The minimum Gasteiger partial charge on any atom is -0.448 e. The minimum atomic E-state index is -0.146. The molecule has 2 aromatic carbocycles. The van der Waals surface area contributed by atoms with Crippen LogP contribution < -0.4 is 0 Å². The summed E-state index contributed by atoms with van der Waals surface area (Å²) < 4.78 is 5.94. The van der Waals surface area contributed by atoms with Gasteiger partial charge in [0.25, 0.3) is 0 Å². The van der Waals surface area contributed by atoms with E-state index in [0.717, 1.165) is 32.2 Å². The largest absolute Gasteiger partial charge is 0.448 e. The summed E-state index contributed by atoms with van der Waals surface area (Å²) in [5.41, 5.74) is 6.55. The molecule has 2 atom stereocenters. The fraction of sp³-hybridized carbons (Fsp3) is 0.423. The van der Waals surface area contributed by atoms with Crippen LogP contribution in [-0.4, -0.2) is 55.2 Å². The van der Waals surface area contributed by atoms with Crippen LogP contribution in [0.15, 0.2) is 60.2 Å². The van der Waals surface area contributed by atoms with Crippen LogP contribution in [0.2, 0.25) is 0 Å². The summed E-state index contributed by atoms with van der Waals surface area (Å²) in [6.07, 6.45) is 6.41. The number of rotatable bonds is 5. The van der Waals surface area contributed by atoms with Gasteiger partial charge in [-0.15, -0.1) is 0 Å². The maximum absolute atomic E-state index is 13.1. The Morgan fingerprint density at radius 2 is 1.70 bits per heavy atom. The Hall–Kier alpha value is -2.59. The molecular weight excluding hydrogens is 372 g/mol. The molecule has 1 amide bonds. The Balaban J connectivity index is 1.28. The van der Waals surface area contributed by atoms with E-state index >= 15 is 0 Å². The van der Waals surface area contributed by atoms with Gasteiger partial charge in [-0.1, -0.05) is 60.2 Å². The van der Waals surface area contributed by atoms with Crippen LogP contribution in [0.5, 0.6) is 0 Å². The molecule has 3 aliphatic rings. The van der Waals surface area contributed by atoms with E-state index in [1.165, 1.54) is 27.8 Å². The Labute approximate surface area is 179 Å². The number of ether oxygens (including phenoxy) is 1. The lowest BCUT2D eigenvalue weighted by Gasteiger charge is -2.34. The van der Waals surface area contributed by atoms with Crippen molar-refractivity contribution in [2.75, 3.05) is 27.2 Å². The highest BCUT2D eigenvalue weighted by Gasteiger charge is 2.40. The van der Waals surface area contributed by atoms with Crippen LogP contribution >= 0.6 is 0 Å². The number of benzene rings is 2. The number of amides is 1. The number of hydrogen-bond acceptors (Lipinski definition) is 3. The predicted molar refractivity (Wildman–Crippen MR) is 120 cm³/mol. The summed E-state index contributed by atoms with van der Waals surface area (Å²) in [5, 5.41) is 0. The molecule has 156 valence electrons. The van der Waals surface area contributed by atoms with Crippen molar-refractivity contribution in [1.29, 1.82) is 0 Å². The molecule has 0 radical (unpaired) electrons. The summed E-state index contributed by atoms with van der Waals surface area (Å²) in [6.45, 7) is 1.47. The van der Waals surface area contributed by atoms with E-state index in [4.69, 9.17) is 4.74 Å². The van der Waals surface area contributed by atoms with Crippen molar-refractivity contribution in [2.45, 2.75) is 43.7 Å². The second-order valence-corrected chi connectivity index (χ2v) is 9.09. The van der Waals surface area contributed by atoms with Gasteiger partial charge in [0.2, 0.25) is 0 Å². The first kappa shape index (κ1) is 19.4. The molecule has 2 aromatic rings. The fourth-order valence-electron chi connectivity index (χ4n) is 5.42. The quantitative estimate of drug-likeness (QED) is 0.656. The Morgan fingerprint density at radius 3 is 2.33 bits per heavy atom. The van der Waals surface area contributed by atoms with Crippen molar-refractivity contribution < 1.29 is 9.53 Å². The molecule has 30 heavy (non-hydrogen) atoms. The van der Waals surface area contributed by atoms with Crippen molar-refractivity contribution in [1.82, 2.24) is 9.80 Å². The molecule has 2 aliphatic heterocycles. The monoisotopic (exact) mass is 402 g/mol. The number of carbonyl (C=O) groups excluding carboxylic acids is 1. The van der Waals surface area contributed by atoms with E-state index in [1.54, 1.807) is 0 Å². The van der Waals surface area contributed by atoms with Gasteiger partial charge in [0.05, 0.1) is 6.04 Å². The van der Waals surface area contributed by atoms with Crippen LogP contribution in [0, 0.1) is 0 Å². The van der Waals surface area contributed by atoms with Gasteiger partial charge in [-0.05, 0) is 62.0 Å². The highest BCUT2D eigenvalue weighted by Crippen LogP contribution is 2.45. The van der Waals surface area contributed by atoms with E-state index in [9.17, 15) is 4.79 Å². The van der Waals surface area contributed by atoms with Crippen LogP contribution in [0.1, 0.15) is 42.7 Å². The van der Waals surface area contributed by atoms with E-state index in [2.05, 4.69) is 73.6 Å². The maximum Gasteiger partial charge on any atom is 0.410 e. The third-order valence-electron chi connectivity index (χ3n) is 6.90. The summed E-state index contributed by atoms with van der Waals surface area (Å²) in [4.78, 5) is 17.3. The molecule has 0 spiro atoms. The molecule has 2 heterocycles. The van der Waals surface area contributed by atoms with Crippen LogP contribution in [-0.2, 0) is 4.74 Å². The van der Waals surface area contributed by atoms with Gasteiger partial charge in [-0.2, -0.15) is 0 Å². The second kappa shape index (κ2) is 7.92. The van der Waals surface area contributed by atoms with Crippen molar-refractivity contribution in [3.63, 3.8) is 0 Å². The van der Waals surface area contributed by atoms with Crippen LogP contribution in [0.4, 0.5) is 4.79 Å². The zero-order valence-corrected chi connectivity index (χ0v) is 17.9. The first-order valence-electron chi connectivity index (χ1n) is 11.1. The molecule has 1 aliphatic carbocycles. The van der Waals surface area contributed by atoms with Crippen LogP contribution in [0.3, 0.4) is 0 Å². The van der Waals surface area contributed by atoms with Crippen molar-refractivity contribution in [3.05, 3.63) is 71.3 Å². The number of fused-ring (bicyclic) bond motifs is 5. The minimum absolute atomic E-state index is 0.120. The average molecular weight is 403 g/mol. The van der Waals surface area contributed by atoms with E-state index in [0.29, 0.717) is 12.6 Å². The third kappa shape index (κ3) is 3.43. The molecule has 0 N–H and O–H groups in total. The van der Waals surface area contributed by atoms with Crippen LogP contribution in [0.25, 0.3) is 11.1 Å². The lowest BCUT2D eigenvalue weighted by atomic mass is 9.98. The molecule has 4 nitrogen and oxygen atoms in total. The molecule has 1 fully saturated rings. The van der Waals surface area contributed by atoms with Gasteiger partial charge in [-0.3, -0.25) is 4.90 Å². The van der Waals surface area contributed by atoms with Gasteiger partial charge in [-0.25, -0.2) is 4.79 Å². The molecule has 2 unspecified atom stereocenters. The average Bonchev–Trinajstić information content (AvgIpc) is 3.22. The van der Waals surface area contributed by atoms with E-state index in [1.807, 2.05) is 4.90 Å². The smallest absolute Gasteiger partial charge is 0.410 e. The lowest BCUT2D eigenvalue weighted by Crippen LogP contribution is -2.44. The first-order chi connectivity index (χ1) is 14.6. The summed E-state index contributed by atoms with van der Waals surface area (Å²) in [5.74, 6) is 0.120. The Bertz CT molecular complexity index is 935. The highest BCUT2D eigenvalue weighted by molar-refractivity contribution is 5.79. The standard InChI is InChI=1S/C26H30N2O2/c1-27(2)14-13-18-15-19-11-12-20(16-18)28(19)26(29)30-17-25-23-9-5-3-7-21(23)22-8-4-6-10-24(22)25/h3-10,15,19-20,25H,11-14,16-17H2,1-2H3. The molecule has 5 rings (SSSR count). The molecule has 0 aromatic heterocycles. The van der Waals surface area contributed by atoms with E-state index in [-0.39, 0.29) is 18.1 Å². The number of hydrogen-bond donors (Lipinski definition) is 0. The third-order valence-corrected chi connectivity index (χ3v) is 6.90. The van der Waals surface area contributed by atoms with Gasteiger partial charge in [0.1, 0.15) is 6.61 Å². The summed E-state index contributed by atoms with van der Waals surface area (Å²) in [6, 6.07) is 17.5. The summed E-state index contributed by atoms with van der Waals surface area (Å²) in [7, 11) is 4.22. The highest BCUT2D eigenvalue weighted by atomic mass is 16.6. The zero-order valence-electron chi connectivity index (χ0n) is 17.9. The van der Waals surface area contributed by atoms with Gasteiger partial charge in [0, 0.05) is 18.5 Å². The summed E-state index contributed by atoms with van der Waals surface area (Å²) >= 11 is 0. The number of carbonyl (C=O) groups is 1. The number of nitrogens with zero attached hydrogens (tertiary/aromatic N) is 2. The Kier molecular flexibility index (Phi) is 5.11. The predicted octanol–water partition coefficient (Wildman–Crippen LogP) is 5.05. The molecule has 1 saturated heterocycles. The SMILES string of the molecule is CN(C)CCC1=CC2CCC(C1)N2C(=O)OCC1c2ccccc2-c2ccccc21. The van der Waals surface area contributed by atoms with Crippen molar-refractivity contribution >= 4 is 6.09 Å².